The highest BCUT2D eigenvalue weighted by molar-refractivity contribution is 6.31. The first-order chi connectivity index (χ1) is 10.1. The van der Waals surface area contributed by atoms with Gasteiger partial charge in [-0.2, -0.15) is 0 Å². The van der Waals surface area contributed by atoms with E-state index in [1.54, 1.807) is 0 Å². The van der Waals surface area contributed by atoms with E-state index in [0.717, 1.165) is 17.7 Å². The van der Waals surface area contributed by atoms with E-state index >= 15 is 0 Å². The van der Waals surface area contributed by atoms with Crippen LogP contribution in [0.4, 0.5) is 5.69 Å². The van der Waals surface area contributed by atoms with Gasteiger partial charge in [-0.05, 0) is 30.2 Å². The summed E-state index contributed by atoms with van der Waals surface area (Å²) in [5.74, 6) is -0.00128. The summed E-state index contributed by atoms with van der Waals surface area (Å²) in [6.45, 7) is 1.95. The lowest BCUT2D eigenvalue weighted by Crippen LogP contribution is -2.39. The second kappa shape index (κ2) is 5.78. The maximum atomic E-state index is 12.4. The molecule has 1 amide bonds. The molecule has 1 heterocycles. The highest BCUT2D eigenvalue weighted by Gasteiger charge is 2.27. The quantitative estimate of drug-likeness (QED) is 0.910. The molecular weight excluding hydrogens is 284 g/mol. The molecule has 2 aromatic rings. The molecule has 0 bridgehead atoms. The van der Waals surface area contributed by atoms with Crippen molar-refractivity contribution in [3.05, 3.63) is 64.7 Å². The molecule has 3 rings (SSSR count). The molecule has 0 spiro atoms. The lowest BCUT2D eigenvalue weighted by molar-refractivity contribution is -0.122. The zero-order chi connectivity index (χ0) is 14.8. The molecule has 4 heteroatoms. The van der Waals surface area contributed by atoms with Crippen molar-refractivity contribution >= 4 is 23.2 Å². The monoisotopic (exact) mass is 300 g/mol. The molecule has 0 saturated carbocycles. The molecule has 2 unspecified atom stereocenters. The van der Waals surface area contributed by atoms with Crippen molar-refractivity contribution in [1.29, 1.82) is 0 Å². The zero-order valence-electron chi connectivity index (χ0n) is 11.8. The molecule has 1 aliphatic heterocycles. The molecule has 0 fully saturated rings. The lowest BCUT2D eigenvalue weighted by Gasteiger charge is -2.18. The SMILES string of the molecule is CC(NC(=O)C1Cc2ccccc2N1)c1ccccc1Cl. The summed E-state index contributed by atoms with van der Waals surface area (Å²) in [7, 11) is 0. The number of benzene rings is 2. The summed E-state index contributed by atoms with van der Waals surface area (Å²) in [5, 5.41) is 6.96. The lowest BCUT2D eigenvalue weighted by atomic mass is 10.1. The number of hydrogen-bond donors (Lipinski definition) is 2. The van der Waals surface area contributed by atoms with Crippen molar-refractivity contribution in [2.45, 2.75) is 25.4 Å². The highest BCUT2D eigenvalue weighted by Crippen LogP contribution is 2.26. The summed E-state index contributed by atoms with van der Waals surface area (Å²) in [6.07, 6.45) is 0.719. The van der Waals surface area contributed by atoms with E-state index in [1.165, 1.54) is 5.56 Å². The minimum absolute atomic E-state index is 0.00128. The van der Waals surface area contributed by atoms with Crippen LogP contribution in [0.25, 0.3) is 0 Å². The van der Waals surface area contributed by atoms with Gasteiger partial charge in [0.15, 0.2) is 0 Å². The van der Waals surface area contributed by atoms with E-state index in [2.05, 4.69) is 10.6 Å². The van der Waals surface area contributed by atoms with Gasteiger partial charge in [-0.3, -0.25) is 4.79 Å². The van der Waals surface area contributed by atoms with Crippen molar-refractivity contribution < 1.29 is 4.79 Å². The predicted octanol–water partition coefficient (Wildman–Crippen LogP) is 3.55. The number of rotatable bonds is 3. The van der Waals surface area contributed by atoms with Crippen LogP contribution in [0.3, 0.4) is 0 Å². The van der Waals surface area contributed by atoms with E-state index in [-0.39, 0.29) is 18.0 Å². The summed E-state index contributed by atoms with van der Waals surface area (Å²) >= 11 is 6.17. The summed E-state index contributed by atoms with van der Waals surface area (Å²) in [5.41, 5.74) is 3.16. The molecule has 3 nitrogen and oxygen atoms in total. The largest absolute Gasteiger partial charge is 0.373 e. The predicted molar refractivity (Wildman–Crippen MR) is 85.6 cm³/mol. The van der Waals surface area contributed by atoms with Gasteiger partial charge in [0.25, 0.3) is 0 Å². The molecule has 1 aliphatic rings. The summed E-state index contributed by atoms with van der Waals surface area (Å²) in [4.78, 5) is 12.4. The van der Waals surface area contributed by atoms with Crippen molar-refractivity contribution in [2.75, 3.05) is 5.32 Å². The summed E-state index contributed by atoms with van der Waals surface area (Å²) in [6, 6.07) is 15.3. The number of hydrogen-bond acceptors (Lipinski definition) is 2. The number of carbonyl (C=O) groups excluding carboxylic acids is 1. The van der Waals surface area contributed by atoms with E-state index in [0.29, 0.717) is 5.02 Å². The number of amides is 1. The Balaban J connectivity index is 1.67. The third kappa shape index (κ3) is 2.88. The Morgan fingerprint density at radius 1 is 1.24 bits per heavy atom. The Labute approximate surface area is 129 Å². The average molecular weight is 301 g/mol. The maximum absolute atomic E-state index is 12.4. The van der Waals surface area contributed by atoms with E-state index in [1.807, 2.05) is 55.5 Å². The van der Waals surface area contributed by atoms with E-state index < -0.39 is 0 Å². The topological polar surface area (TPSA) is 41.1 Å². The molecule has 2 N–H and O–H groups in total. The fraction of sp³-hybridized carbons (Fsp3) is 0.235. The molecule has 2 aromatic carbocycles. The van der Waals surface area contributed by atoms with E-state index in [9.17, 15) is 4.79 Å². The fourth-order valence-electron chi connectivity index (χ4n) is 2.67. The number of carbonyl (C=O) groups is 1. The first-order valence-electron chi connectivity index (χ1n) is 7.04. The minimum atomic E-state index is -0.215. The average Bonchev–Trinajstić information content (AvgIpc) is 2.91. The fourth-order valence-corrected chi connectivity index (χ4v) is 2.97. The molecule has 2 atom stereocenters. The Bertz CT molecular complexity index is 646. The molecule has 108 valence electrons. The Hall–Kier alpha value is -2.00. The van der Waals surface area contributed by atoms with Crippen LogP contribution in [-0.4, -0.2) is 11.9 Å². The molecular formula is C17H17ClN2O. The van der Waals surface area contributed by atoms with Gasteiger partial charge in [0.05, 0.1) is 6.04 Å². The van der Waals surface area contributed by atoms with Crippen LogP contribution in [-0.2, 0) is 11.2 Å². The van der Waals surface area contributed by atoms with Crippen LogP contribution >= 0.6 is 11.6 Å². The van der Waals surface area contributed by atoms with Crippen LogP contribution in [0, 0.1) is 0 Å². The van der Waals surface area contributed by atoms with Gasteiger partial charge in [-0.15, -0.1) is 0 Å². The van der Waals surface area contributed by atoms with Crippen molar-refractivity contribution in [2.24, 2.45) is 0 Å². The number of anilines is 1. The second-order valence-corrected chi connectivity index (χ2v) is 5.72. The maximum Gasteiger partial charge on any atom is 0.243 e. The van der Waals surface area contributed by atoms with Crippen molar-refractivity contribution in [3.63, 3.8) is 0 Å². The van der Waals surface area contributed by atoms with Gasteiger partial charge in [0.2, 0.25) is 5.91 Å². The Morgan fingerprint density at radius 2 is 1.95 bits per heavy atom. The Kier molecular flexibility index (Phi) is 3.84. The molecule has 0 aromatic heterocycles. The van der Waals surface area contributed by atoms with Crippen molar-refractivity contribution in [1.82, 2.24) is 5.32 Å². The molecule has 0 radical (unpaired) electrons. The van der Waals surface area contributed by atoms with Gasteiger partial charge >= 0.3 is 0 Å². The van der Waals surface area contributed by atoms with Crippen LogP contribution in [0.2, 0.25) is 5.02 Å². The first kappa shape index (κ1) is 14.0. The normalized spacial score (nSPS) is 17.7. The highest BCUT2D eigenvalue weighted by atomic mass is 35.5. The van der Waals surface area contributed by atoms with Crippen LogP contribution in [0.1, 0.15) is 24.1 Å². The van der Waals surface area contributed by atoms with Gasteiger partial charge < -0.3 is 10.6 Å². The van der Waals surface area contributed by atoms with Gasteiger partial charge in [0, 0.05) is 17.1 Å². The smallest absolute Gasteiger partial charge is 0.243 e. The van der Waals surface area contributed by atoms with Crippen LogP contribution < -0.4 is 10.6 Å². The van der Waals surface area contributed by atoms with Gasteiger partial charge in [-0.25, -0.2) is 0 Å². The third-order valence-electron chi connectivity index (χ3n) is 3.82. The molecule has 21 heavy (non-hydrogen) atoms. The molecule has 0 saturated heterocycles. The Morgan fingerprint density at radius 3 is 2.71 bits per heavy atom. The second-order valence-electron chi connectivity index (χ2n) is 5.31. The van der Waals surface area contributed by atoms with Gasteiger partial charge in [-0.1, -0.05) is 48.0 Å². The van der Waals surface area contributed by atoms with Crippen molar-refractivity contribution in [3.8, 4) is 0 Å². The number of para-hydroxylation sites is 1. The van der Waals surface area contributed by atoms with Gasteiger partial charge in [0.1, 0.15) is 6.04 Å². The molecule has 0 aliphatic carbocycles. The minimum Gasteiger partial charge on any atom is -0.373 e. The van der Waals surface area contributed by atoms with E-state index in [4.69, 9.17) is 11.6 Å². The zero-order valence-corrected chi connectivity index (χ0v) is 12.5. The van der Waals surface area contributed by atoms with Crippen LogP contribution in [0.5, 0.6) is 0 Å². The first-order valence-corrected chi connectivity index (χ1v) is 7.42. The summed E-state index contributed by atoms with van der Waals surface area (Å²) < 4.78 is 0. The number of halogens is 1. The number of nitrogens with one attached hydrogen (secondary N) is 2. The number of fused-ring (bicyclic) bond motifs is 1. The standard InChI is InChI=1S/C17H17ClN2O/c1-11(13-7-3-4-8-14(13)18)19-17(21)16-10-12-6-2-5-9-15(12)20-16/h2-9,11,16,20H,10H2,1H3,(H,19,21). The third-order valence-corrected chi connectivity index (χ3v) is 4.16. The van der Waals surface area contributed by atoms with Crippen LogP contribution in [0.15, 0.2) is 48.5 Å².